The van der Waals surface area contributed by atoms with Gasteiger partial charge < -0.3 is 25.2 Å². The third-order valence-corrected chi connectivity index (χ3v) is 2.89. The highest BCUT2D eigenvalue weighted by Gasteiger charge is 2.04. The Morgan fingerprint density at radius 2 is 1.90 bits per heavy atom. The van der Waals surface area contributed by atoms with E-state index < -0.39 is 0 Å². The lowest BCUT2D eigenvalue weighted by molar-refractivity contribution is -0.127. The molecule has 0 aromatic carbocycles. The van der Waals surface area contributed by atoms with Crippen LogP contribution in [0.3, 0.4) is 0 Å². The van der Waals surface area contributed by atoms with Crippen molar-refractivity contribution in [2.45, 2.75) is 13.3 Å². The Balaban J connectivity index is 4.03. The molecular weight excluding hydrogens is 270 g/mol. The van der Waals surface area contributed by atoms with E-state index in [1.54, 1.807) is 21.2 Å². The normalized spacial score (nSPS) is 11.6. The Morgan fingerprint density at radius 1 is 1.19 bits per heavy atom. The van der Waals surface area contributed by atoms with E-state index in [1.165, 1.54) is 4.90 Å². The van der Waals surface area contributed by atoms with Crippen molar-refractivity contribution in [1.29, 1.82) is 0 Å². The third kappa shape index (κ3) is 11.0. The topological polar surface area (TPSA) is 69.2 Å². The SMILES string of the molecule is CCNC(=NCC(=O)N(C)C)NCCN(C)CCCOC. The molecule has 0 bridgehead atoms. The van der Waals surface area contributed by atoms with Gasteiger partial charge in [-0.15, -0.1) is 0 Å². The Kier molecular flexibility index (Phi) is 11.6. The van der Waals surface area contributed by atoms with Crippen molar-refractivity contribution in [3.63, 3.8) is 0 Å². The van der Waals surface area contributed by atoms with Gasteiger partial charge in [-0.05, 0) is 20.4 Å². The summed E-state index contributed by atoms with van der Waals surface area (Å²) in [6.45, 7) is 6.41. The number of aliphatic imine (C=N–C) groups is 1. The van der Waals surface area contributed by atoms with Crippen molar-refractivity contribution >= 4 is 11.9 Å². The maximum Gasteiger partial charge on any atom is 0.243 e. The zero-order chi connectivity index (χ0) is 16.1. The lowest BCUT2D eigenvalue weighted by Crippen LogP contribution is -2.41. The number of rotatable bonds is 10. The Hall–Kier alpha value is -1.34. The van der Waals surface area contributed by atoms with Crippen LogP contribution in [0.2, 0.25) is 0 Å². The molecule has 2 N–H and O–H groups in total. The molecule has 124 valence electrons. The van der Waals surface area contributed by atoms with Crippen molar-refractivity contribution in [1.82, 2.24) is 20.4 Å². The Labute approximate surface area is 128 Å². The van der Waals surface area contributed by atoms with Crippen LogP contribution in [0.15, 0.2) is 4.99 Å². The van der Waals surface area contributed by atoms with E-state index >= 15 is 0 Å². The molecule has 0 aliphatic rings. The Bertz CT molecular complexity index is 308. The molecule has 0 radical (unpaired) electrons. The molecule has 0 spiro atoms. The van der Waals surface area contributed by atoms with Crippen molar-refractivity contribution in [2.24, 2.45) is 4.99 Å². The van der Waals surface area contributed by atoms with Gasteiger partial charge in [0.05, 0.1) is 0 Å². The van der Waals surface area contributed by atoms with E-state index in [0.717, 1.165) is 39.2 Å². The van der Waals surface area contributed by atoms with Crippen molar-refractivity contribution in [3.8, 4) is 0 Å². The van der Waals surface area contributed by atoms with Crippen LogP contribution >= 0.6 is 0 Å². The van der Waals surface area contributed by atoms with E-state index in [0.29, 0.717) is 5.96 Å². The number of likely N-dealkylation sites (N-methyl/N-ethyl adjacent to an activating group) is 2. The number of carbonyl (C=O) groups is 1. The van der Waals surface area contributed by atoms with Gasteiger partial charge in [-0.25, -0.2) is 4.99 Å². The fourth-order valence-electron chi connectivity index (χ4n) is 1.59. The average Bonchev–Trinajstić information content (AvgIpc) is 2.44. The van der Waals surface area contributed by atoms with Crippen LogP contribution in [0.25, 0.3) is 0 Å². The first-order valence-electron chi connectivity index (χ1n) is 7.41. The first-order chi connectivity index (χ1) is 10.0. The quantitative estimate of drug-likeness (QED) is 0.326. The summed E-state index contributed by atoms with van der Waals surface area (Å²) in [4.78, 5) is 19.6. The molecule has 0 heterocycles. The number of amides is 1. The molecule has 0 aliphatic carbocycles. The first-order valence-corrected chi connectivity index (χ1v) is 7.41. The lowest BCUT2D eigenvalue weighted by Gasteiger charge is -2.18. The molecule has 0 saturated carbocycles. The van der Waals surface area contributed by atoms with E-state index in [9.17, 15) is 4.79 Å². The van der Waals surface area contributed by atoms with Crippen molar-refractivity contribution in [3.05, 3.63) is 0 Å². The molecule has 7 nitrogen and oxygen atoms in total. The van der Waals surface area contributed by atoms with Crippen LogP contribution in [-0.4, -0.2) is 89.3 Å². The van der Waals surface area contributed by atoms with Crippen LogP contribution < -0.4 is 10.6 Å². The third-order valence-electron chi connectivity index (χ3n) is 2.89. The number of hydrogen-bond acceptors (Lipinski definition) is 4. The first kappa shape index (κ1) is 19.7. The standard InChI is InChI=1S/C14H31N5O2/c1-6-15-14(17-12-13(20)18(2)3)16-8-10-19(4)9-7-11-21-5/h6-12H2,1-5H3,(H2,15,16,17). The minimum atomic E-state index is -0.0103. The van der Waals surface area contributed by atoms with Crippen LogP contribution in [0.5, 0.6) is 0 Å². The fraction of sp³-hybridized carbons (Fsp3) is 0.857. The number of nitrogens with zero attached hydrogens (tertiary/aromatic N) is 3. The highest BCUT2D eigenvalue weighted by atomic mass is 16.5. The number of nitrogens with one attached hydrogen (secondary N) is 2. The molecule has 0 saturated heterocycles. The van der Waals surface area contributed by atoms with Gasteiger partial charge in [-0.2, -0.15) is 0 Å². The van der Waals surface area contributed by atoms with Gasteiger partial charge in [-0.3, -0.25) is 4.79 Å². The summed E-state index contributed by atoms with van der Waals surface area (Å²) in [5.74, 6) is 0.668. The number of guanidine groups is 1. The van der Waals surface area contributed by atoms with E-state index in [1.807, 2.05) is 6.92 Å². The molecule has 1 amide bonds. The molecule has 0 aliphatic heterocycles. The summed E-state index contributed by atoms with van der Waals surface area (Å²) < 4.78 is 5.03. The highest BCUT2D eigenvalue weighted by molar-refractivity contribution is 5.84. The molecule has 0 fully saturated rings. The van der Waals surface area contributed by atoms with Crippen LogP contribution in [0.4, 0.5) is 0 Å². The lowest BCUT2D eigenvalue weighted by atomic mass is 10.4. The molecular formula is C14H31N5O2. The highest BCUT2D eigenvalue weighted by Crippen LogP contribution is 1.87. The number of methoxy groups -OCH3 is 1. The van der Waals surface area contributed by atoms with Gasteiger partial charge in [0.1, 0.15) is 6.54 Å². The second-order valence-electron chi connectivity index (χ2n) is 5.06. The summed E-state index contributed by atoms with van der Waals surface area (Å²) in [6.07, 6.45) is 1.03. The maximum absolute atomic E-state index is 11.5. The largest absolute Gasteiger partial charge is 0.385 e. The molecule has 0 aromatic rings. The van der Waals surface area contributed by atoms with Crippen molar-refractivity contribution in [2.75, 3.05) is 67.6 Å². The van der Waals surface area contributed by atoms with Crippen LogP contribution in [-0.2, 0) is 9.53 Å². The maximum atomic E-state index is 11.5. The summed E-state index contributed by atoms with van der Waals surface area (Å²) in [5, 5.41) is 6.36. The molecule has 0 aromatic heterocycles. The zero-order valence-electron chi connectivity index (χ0n) is 14.1. The number of carbonyl (C=O) groups excluding carboxylic acids is 1. The summed E-state index contributed by atoms with van der Waals surface area (Å²) >= 11 is 0. The summed E-state index contributed by atoms with van der Waals surface area (Å²) in [6, 6.07) is 0. The number of ether oxygens (including phenoxy) is 1. The van der Waals surface area contributed by atoms with Gasteiger partial charge in [-0.1, -0.05) is 0 Å². The zero-order valence-corrected chi connectivity index (χ0v) is 14.1. The van der Waals surface area contributed by atoms with Gasteiger partial charge in [0.15, 0.2) is 5.96 Å². The minimum Gasteiger partial charge on any atom is -0.385 e. The summed E-state index contributed by atoms with van der Waals surface area (Å²) in [5.41, 5.74) is 0. The van der Waals surface area contributed by atoms with Gasteiger partial charge in [0, 0.05) is 54.0 Å². The molecule has 0 rings (SSSR count). The second-order valence-corrected chi connectivity index (χ2v) is 5.06. The van der Waals surface area contributed by atoms with Crippen LogP contribution in [0.1, 0.15) is 13.3 Å². The predicted octanol–water partition coefficient (Wildman–Crippen LogP) is -0.402. The average molecular weight is 301 g/mol. The van der Waals surface area contributed by atoms with Gasteiger partial charge >= 0.3 is 0 Å². The van der Waals surface area contributed by atoms with E-state index in [2.05, 4.69) is 27.6 Å². The monoisotopic (exact) mass is 301 g/mol. The van der Waals surface area contributed by atoms with Gasteiger partial charge in [0.25, 0.3) is 0 Å². The summed E-state index contributed by atoms with van der Waals surface area (Å²) in [7, 11) is 7.26. The number of hydrogen-bond donors (Lipinski definition) is 2. The Morgan fingerprint density at radius 3 is 2.48 bits per heavy atom. The fourth-order valence-corrected chi connectivity index (χ4v) is 1.59. The van der Waals surface area contributed by atoms with Crippen molar-refractivity contribution < 1.29 is 9.53 Å². The van der Waals surface area contributed by atoms with Crippen LogP contribution in [0, 0.1) is 0 Å². The van der Waals surface area contributed by atoms with E-state index in [-0.39, 0.29) is 12.5 Å². The second kappa shape index (κ2) is 12.4. The molecule has 0 atom stereocenters. The van der Waals surface area contributed by atoms with E-state index in [4.69, 9.17) is 4.74 Å². The predicted molar refractivity (Wildman–Crippen MR) is 86.7 cm³/mol. The van der Waals surface area contributed by atoms with Gasteiger partial charge in [0.2, 0.25) is 5.91 Å². The molecule has 21 heavy (non-hydrogen) atoms. The smallest absolute Gasteiger partial charge is 0.243 e. The molecule has 7 heteroatoms. The minimum absolute atomic E-state index is 0.0103. The molecule has 0 unspecified atom stereocenters.